The first-order chi connectivity index (χ1) is 7.11. The Morgan fingerprint density at radius 2 is 2.20 bits per heavy atom. The first kappa shape index (κ1) is 9.51. The number of aromatic carboxylic acids is 1. The Bertz CT molecular complexity index is 533. The number of halogens is 1. The second-order valence-electron chi connectivity index (χ2n) is 3.06. The molecule has 4 nitrogen and oxygen atoms in total. The third-order valence-electron chi connectivity index (χ3n) is 2.13. The zero-order valence-corrected chi connectivity index (χ0v) is 7.87. The van der Waals surface area contributed by atoms with E-state index in [1.165, 1.54) is 19.2 Å². The Hall–Kier alpha value is -2.04. The number of aromatic amines is 1. The number of benzene rings is 1. The summed E-state index contributed by atoms with van der Waals surface area (Å²) in [5.41, 5.74) is 0.362. The van der Waals surface area contributed by atoms with Gasteiger partial charge in [-0.2, -0.15) is 0 Å². The number of ether oxygens (including phenoxy) is 1. The maximum atomic E-state index is 13.4. The van der Waals surface area contributed by atoms with Crippen molar-refractivity contribution in [1.82, 2.24) is 4.98 Å². The molecular weight excluding hydrogens is 201 g/mol. The van der Waals surface area contributed by atoms with E-state index in [-0.39, 0.29) is 11.1 Å². The number of H-pyrrole nitrogens is 1. The Balaban J connectivity index is 2.69. The Morgan fingerprint density at radius 3 is 2.80 bits per heavy atom. The number of hydrogen-bond acceptors (Lipinski definition) is 2. The average molecular weight is 209 g/mol. The van der Waals surface area contributed by atoms with E-state index in [1.54, 1.807) is 6.07 Å². The van der Waals surface area contributed by atoms with Crippen LogP contribution in [0.4, 0.5) is 4.39 Å². The number of hydrogen-bond donors (Lipinski definition) is 2. The van der Waals surface area contributed by atoms with E-state index in [2.05, 4.69) is 4.98 Å². The van der Waals surface area contributed by atoms with Gasteiger partial charge >= 0.3 is 5.97 Å². The summed E-state index contributed by atoms with van der Waals surface area (Å²) < 4.78 is 18.3. The van der Waals surface area contributed by atoms with E-state index in [9.17, 15) is 9.18 Å². The molecule has 0 aliphatic carbocycles. The molecule has 2 aromatic rings. The zero-order valence-electron chi connectivity index (χ0n) is 7.87. The van der Waals surface area contributed by atoms with E-state index >= 15 is 0 Å². The maximum Gasteiger partial charge on any atom is 0.352 e. The molecule has 0 bridgehead atoms. The summed E-state index contributed by atoms with van der Waals surface area (Å²) in [5, 5.41) is 8.96. The van der Waals surface area contributed by atoms with Crippen molar-refractivity contribution in [3.8, 4) is 5.75 Å². The Labute approximate surface area is 84.3 Å². The molecule has 0 amide bonds. The minimum atomic E-state index is -1.12. The first-order valence-electron chi connectivity index (χ1n) is 4.21. The van der Waals surface area contributed by atoms with Crippen LogP contribution >= 0.6 is 0 Å². The van der Waals surface area contributed by atoms with Gasteiger partial charge in [0.2, 0.25) is 0 Å². The molecule has 2 N–H and O–H groups in total. The molecule has 0 spiro atoms. The van der Waals surface area contributed by atoms with Gasteiger partial charge in [0.15, 0.2) is 0 Å². The highest BCUT2D eigenvalue weighted by Gasteiger charge is 2.11. The first-order valence-corrected chi connectivity index (χ1v) is 4.21. The standard InChI is InChI=1S/C10H8FNO3/c1-15-5-2-7(11)6-4-9(10(13)14)12-8(6)3-5/h2-4,12H,1H3,(H,13,14). The van der Waals surface area contributed by atoms with Crippen LogP contribution in [-0.4, -0.2) is 23.2 Å². The number of carbonyl (C=O) groups is 1. The van der Waals surface area contributed by atoms with E-state index in [0.717, 1.165) is 0 Å². The van der Waals surface area contributed by atoms with Gasteiger partial charge in [-0.1, -0.05) is 0 Å². The van der Waals surface area contributed by atoms with Gasteiger partial charge in [-0.25, -0.2) is 9.18 Å². The van der Waals surface area contributed by atoms with Crippen molar-refractivity contribution in [2.75, 3.05) is 7.11 Å². The smallest absolute Gasteiger partial charge is 0.352 e. The molecule has 5 heteroatoms. The van der Waals surface area contributed by atoms with Gasteiger partial charge in [-0.15, -0.1) is 0 Å². The van der Waals surface area contributed by atoms with Crippen molar-refractivity contribution >= 4 is 16.9 Å². The van der Waals surface area contributed by atoms with Crippen LogP contribution in [0.1, 0.15) is 10.5 Å². The number of aromatic nitrogens is 1. The lowest BCUT2D eigenvalue weighted by Gasteiger charge is -1.99. The number of carboxylic acid groups (broad SMARTS) is 1. The summed E-state index contributed by atoms with van der Waals surface area (Å²) >= 11 is 0. The number of rotatable bonds is 2. The van der Waals surface area contributed by atoms with Crippen molar-refractivity contribution < 1.29 is 19.0 Å². The van der Waals surface area contributed by atoms with Crippen LogP contribution in [-0.2, 0) is 0 Å². The van der Waals surface area contributed by atoms with Crippen LogP contribution in [0.25, 0.3) is 10.9 Å². The SMILES string of the molecule is COc1cc(F)c2cc(C(=O)O)[nH]c2c1. The molecule has 0 fully saturated rings. The van der Waals surface area contributed by atoms with Crippen molar-refractivity contribution in [3.05, 3.63) is 29.7 Å². The third-order valence-corrected chi connectivity index (χ3v) is 2.13. The molecule has 1 aromatic carbocycles. The fourth-order valence-corrected chi connectivity index (χ4v) is 1.40. The van der Waals surface area contributed by atoms with E-state index in [0.29, 0.717) is 11.3 Å². The summed E-state index contributed by atoms with van der Waals surface area (Å²) in [6.07, 6.45) is 0. The normalized spacial score (nSPS) is 10.5. The largest absolute Gasteiger partial charge is 0.497 e. The molecule has 0 aliphatic heterocycles. The molecule has 0 atom stereocenters. The topological polar surface area (TPSA) is 62.3 Å². The van der Waals surface area contributed by atoms with Gasteiger partial charge in [0.1, 0.15) is 17.3 Å². The van der Waals surface area contributed by atoms with E-state index in [4.69, 9.17) is 9.84 Å². The van der Waals surface area contributed by atoms with Gasteiger partial charge in [0.25, 0.3) is 0 Å². The monoisotopic (exact) mass is 209 g/mol. The van der Waals surface area contributed by atoms with Crippen LogP contribution in [0.2, 0.25) is 0 Å². The molecule has 15 heavy (non-hydrogen) atoms. The molecular formula is C10H8FNO3. The molecule has 78 valence electrons. The van der Waals surface area contributed by atoms with Crippen LogP contribution in [0.5, 0.6) is 5.75 Å². The molecule has 0 radical (unpaired) electrons. The van der Waals surface area contributed by atoms with Gasteiger partial charge in [0, 0.05) is 17.5 Å². The predicted molar refractivity (Wildman–Crippen MR) is 51.8 cm³/mol. The fourth-order valence-electron chi connectivity index (χ4n) is 1.40. The lowest BCUT2D eigenvalue weighted by atomic mass is 10.2. The molecule has 1 aromatic heterocycles. The minimum Gasteiger partial charge on any atom is -0.497 e. The fraction of sp³-hybridized carbons (Fsp3) is 0.100. The number of fused-ring (bicyclic) bond motifs is 1. The summed E-state index contributed by atoms with van der Waals surface area (Å²) in [5.74, 6) is -1.28. The quantitative estimate of drug-likeness (QED) is 0.795. The highest BCUT2D eigenvalue weighted by atomic mass is 19.1. The third kappa shape index (κ3) is 1.52. The average Bonchev–Trinajstić information content (AvgIpc) is 2.61. The number of methoxy groups -OCH3 is 1. The van der Waals surface area contributed by atoms with Crippen LogP contribution < -0.4 is 4.74 Å². The van der Waals surface area contributed by atoms with Gasteiger partial charge < -0.3 is 14.8 Å². The lowest BCUT2D eigenvalue weighted by molar-refractivity contribution is 0.0691. The van der Waals surface area contributed by atoms with E-state index in [1.807, 2.05) is 0 Å². The summed E-state index contributed by atoms with van der Waals surface area (Å²) in [6.45, 7) is 0. The molecule has 0 saturated carbocycles. The summed E-state index contributed by atoms with van der Waals surface area (Å²) in [7, 11) is 1.42. The Kier molecular flexibility index (Phi) is 2.07. The molecule has 2 rings (SSSR count). The number of nitrogens with one attached hydrogen (secondary N) is 1. The summed E-state index contributed by atoms with van der Waals surface area (Å²) in [4.78, 5) is 13.2. The van der Waals surface area contributed by atoms with E-state index < -0.39 is 11.8 Å². The van der Waals surface area contributed by atoms with Crippen molar-refractivity contribution in [2.24, 2.45) is 0 Å². The second kappa shape index (κ2) is 3.27. The van der Waals surface area contributed by atoms with Crippen LogP contribution in [0, 0.1) is 5.82 Å². The molecule has 0 saturated heterocycles. The highest BCUT2D eigenvalue weighted by Crippen LogP contribution is 2.24. The van der Waals surface area contributed by atoms with Crippen molar-refractivity contribution in [2.45, 2.75) is 0 Å². The lowest BCUT2D eigenvalue weighted by Crippen LogP contribution is -1.94. The molecule has 0 aliphatic rings. The van der Waals surface area contributed by atoms with Crippen molar-refractivity contribution in [3.63, 3.8) is 0 Å². The summed E-state index contributed by atoms with van der Waals surface area (Å²) in [6, 6.07) is 4.01. The predicted octanol–water partition coefficient (Wildman–Crippen LogP) is 2.01. The molecule has 0 unspecified atom stereocenters. The van der Waals surface area contributed by atoms with Gasteiger partial charge in [0.05, 0.1) is 12.6 Å². The van der Waals surface area contributed by atoms with Crippen LogP contribution in [0.3, 0.4) is 0 Å². The zero-order chi connectivity index (χ0) is 11.0. The molecule has 1 heterocycles. The minimum absolute atomic E-state index is 0.0443. The van der Waals surface area contributed by atoms with Gasteiger partial charge in [-0.05, 0) is 6.07 Å². The van der Waals surface area contributed by atoms with Crippen molar-refractivity contribution in [1.29, 1.82) is 0 Å². The second-order valence-corrected chi connectivity index (χ2v) is 3.06. The van der Waals surface area contributed by atoms with Gasteiger partial charge in [-0.3, -0.25) is 0 Å². The Morgan fingerprint density at radius 1 is 1.47 bits per heavy atom. The maximum absolute atomic E-state index is 13.4. The number of carboxylic acids is 1. The van der Waals surface area contributed by atoms with Crippen LogP contribution in [0.15, 0.2) is 18.2 Å². The highest BCUT2D eigenvalue weighted by molar-refractivity contribution is 5.94.